The summed E-state index contributed by atoms with van der Waals surface area (Å²) in [6, 6.07) is 2.22. The van der Waals surface area contributed by atoms with Gasteiger partial charge in [0.25, 0.3) is 0 Å². The molecule has 1 heterocycles. The van der Waals surface area contributed by atoms with Crippen LogP contribution in [0, 0.1) is 0 Å². The zero-order chi connectivity index (χ0) is 17.5. The number of rotatable bonds is 3. The highest BCUT2D eigenvalue weighted by Gasteiger charge is 2.38. The molecule has 2 aromatic rings. The van der Waals surface area contributed by atoms with Crippen LogP contribution in [0.25, 0.3) is 0 Å². The molecular formula is C12H8Cl2F3N3O3. The first-order chi connectivity index (χ1) is 10.5. The van der Waals surface area contributed by atoms with Gasteiger partial charge in [0, 0.05) is 7.05 Å². The molecule has 2 rings (SSSR count). The molecule has 0 aliphatic heterocycles. The summed E-state index contributed by atoms with van der Waals surface area (Å²) in [6.07, 6.45) is -4.81. The van der Waals surface area contributed by atoms with E-state index >= 15 is 0 Å². The van der Waals surface area contributed by atoms with Crippen molar-refractivity contribution in [3.05, 3.63) is 49.6 Å². The van der Waals surface area contributed by atoms with Crippen molar-refractivity contribution in [3.8, 4) is 0 Å². The van der Waals surface area contributed by atoms with Gasteiger partial charge in [-0.1, -0.05) is 23.2 Å². The number of aromatic carboxylic acids is 1. The van der Waals surface area contributed by atoms with Crippen LogP contribution >= 0.6 is 23.2 Å². The van der Waals surface area contributed by atoms with Gasteiger partial charge in [0.05, 0.1) is 22.2 Å². The lowest BCUT2D eigenvalue weighted by Gasteiger charge is -2.07. The third kappa shape index (κ3) is 3.35. The molecule has 0 aliphatic rings. The molecule has 0 aliphatic carbocycles. The van der Waals surface area contributed by atoms with Gasteiger partial charge in [0.1, 0.15) is 0 Å². The van der Waals surface area contributed by atoms with E-state index in [1.807, 2.05) is 0 Å². The van der Waals surface area contributed by atoms with Crippen molar-refractivity contribution in [3.63, 3.8) is 0 Å². The van der Waals surface area contributed by atoms with Crippen LogP contribution in [0.3, 0.4) is 0 Å². The average Bonchev–Trinajstić information content (AvgIpc) is 2.70. The summed E-state index contributed by atoms with van der Waals surface area (Å²) >= 11 is 11.5. The molecule has 6 nitrogen and oxygen atoms in total. The summed E-state index contributed by atoms with van der Waals surface area (Å²) in [7, 11) is 0.918. The number of aromatic nitrogens is 3. The van der Waals surface area contributed by atoms with E-state index in [1.165, 1.54) is 6.07 Å². The van der Waals surface area contributed by atoms with Crippen molar-refractivity contribution >= 4 is 29.2 Å². The summed E-state index contributed by atoms with van der Waals surface area (Å²) in [5.41, 5.74) is -1.33. The lowest BCUT2D eigenvalue weighted by atomic mass is 10.1. The van der Waals surface area contributed by atoms with Crippen molar-refractivity contribution in [2.24, 2.45) is 7.05 Å². The minimum Gasteiger partial charge on any atom is -0.478 e. The molecule has 0 saturated carbocycles. The molecule has 0 fully saturated rings. The number of alkyl halides is 3. The highest BCUT2D eigenvalue weighted by atomic mass is 35.5. The zero-order valence-corrected chi connectivity index (χ0v) is 12.9. The van der Waals surface area contributed by atoms with Gasteiger partial charge >= 0.3 is 17.8 Å². The highest BCUT2D eigenvalue weighted by Crippen LogP contribution is 2.28. The molecule has 0 radical (unpaired) electrons. The van der Waals surface area contributed by atoms with Crippen LogP contribution in [0.4, 0.5) is 13.2 Å². The number of carbonyl (C=O) groups is 1. The Balaban J connectivity index is 2.55. The zero-order valence-electron chi connectivity index (χ0n) is 11.4. The summed E-state index contributed by atoms with van der Waals surface area (Å²) in [4.78, 5) is 23.0. The third-order valence-corrected chi connectivity index (χ3v) is 3.71. The van der Waals surface area contributed by atoms with E-state index in [-0.39, 0.29) is 21.2 Å². The normalized spacial score (nSPS) is 11.7. The third-order valence-electron chi connectivity index (χ3n) is 2.99. The Morgan fingerprint density at radius 2 is 1.87 bits per heavy atom. The van der Waals surface area contributed by atoms with Crippen LogP contribution < -0.4 is 5.69 Å². The molecule has 0 unspecified atom stereocenters. The molecule has 23 heavy (non-hydrogen) atoms. The molecule has 1 N–H and O–H groups in total. The molecular weight excluding hydrogens is 362 g/mol. The number of nitrogens with zero attached hydrogens (tertiary/aromatic N) is 3. The summed E-state index contributed by atoms with van der Waals surface area (Å²) in [5, 5.41) is 12.3. The van der Waals surface area contributed by atoms with Crippen LogP contribution in [0.5, 0.6) is 0 Å². The molecule has 1 aromatic carbocycles. The number of halogens is 5. The van der Waals surface area contributed by atoms with E-state index in [0.29, 0.717) is 9.25 Å². The molecule has 0 amide bonds. The van der Waals surface area contributed by atoms with E-state index < -0.39 is 30.2 Å². The lowest BCUT2D eigenvalue weighted by Crippen LogP contribution is -2.25. The number of carboxylic acids is 1. The molecule has 1 aromatic heterocycles. The van der Waals surface area contributed by atoms with Crippen LogP contribution in [0.15, 0.2) is 16.9 Å². The summed E-state index contributed by atoms with van der Waals surface area (Å²) < 4.78 is 39.1. The number of hydrogen-bond acceptors (Lipinski definition) is 3. The fourth-order valence-electron chi connectivity index (χ4n) is 1.92. The molecule has 124 valence electrons. The van der Waals surface area contributed by atoms with Gasteiger partial charge in [-0.3, -0.25) is 4.57 Å². The first-order valence-electron chi connectivity index (χ1n) is 5.94. The van der Waals surface area contributed by atoms with Gasteiger partial charge in [-0.15, -0.1) is 5.10 Å². The highest BCUT2D eigenvalue weighted by molar-refractivity contribution is 6.42. The van der Waals surface area contributed by atoms with Crippen molar-refractivity contribution in [2.45, 2.75) is 12.7 Å². The standard InChI is InChI=1S/C12H8Cl2F3N3O3/c1-19-10(12(15,16)17)18-20(11(19)23)4-5-2-7(13)8(14)3-6(5)9(21)22/h2-3H,4H2,1H3,(H,21,22). The number of carboxylic acid groups (broad SMARTS) is 1. The average molecular weight is 370 g/mol. The Bertz CT molecular complexity index is 843. The second-order valence-electron chi connectivity index (χ2n) is 4.55. The van der Waals surface area contributed by atoms with Gasteiger partial charge in [0.15, 0.2) is 0 Å². The predicted molar refractivity (Wildman–Crippen MR) is 75.0 cm³/mol. The van der Waals surface area contributed by atoms with Crippen molar-refractivity contribution in [1.82, 2.24) is 14.3 Å². The maximum Gasteiger partial charge on any atom is 0.451 e. The maximum atomic E-state index is 12.7. The fourth-order valence-corrected chi connectivity index (χ4v) is 2.27. The summed E-state index contributed by atoms with van der Waals surface area (Å²) in [5.74, 6) is -2.75. The first-order valence-corrected chi connectivity index (χ1v) is 6.70. The number of benzene rings is 1. The van der Waals surface area contributed by atoms with Crippen molar-refractivity contribution < 1.29 is 23.1 Å². The minimum atomic E-state index is -4.81. The Kier molecular flexibility index (Phi) is 4.45. The van der Waals surface area contributed by atoms with Crippen molar-refractivity contribution in [2.75, 3.05) is 0 Å². The smallest absolute Gasteiger partial charge is 0.451 e. The van der Waals surface area contributed by atoms with Crippen LogP contribution in [-0.4, -0.2) is 25.4 Å². The predicted octanol–water partition coefficient (Wildman–Crippen LogP) is 2.65. The van der Waals surface area contributed by atoms with E-state index in [0.717, 1.165) is 13.1 Å². The minimum absolute atomic E-state index is 0.000763. The van der Waals surface area contributed by atoms with E-state index in [9.17, 15) is 22.8 Å². The van der Waals surface area contributed by atoms with Crippen LogP contribution in [-0.2, 0) is 19.8 Å². The molecule has 0 bridgehead atoms. The van der Waals surface area contributed by atoms with E-state index in [2.05, 4.69) is 5.10 Å². The van der Waals surface area contributed by atoms with Gasteiger partial charge in [-0.05, 0) is 17.7 Å². The van der Waals surface area contributed by atoms with Gasteiger partial charge in [0.2, 0.25) is 5.82 Å². The van der Waals surface area contributed by atoms with Gasteiger partial charge in [-0.25, -0.2) is 14.3 Å². The second kappa shape index (κ2) is 5.89. The van der Waals surface area contributed by atoms with Crippen LogP contribution in [0.1, 0.15) is 21.7 Å². The Morgan fingerprint density at radius 1 is 1.30 bits per heavy atom. The summed E-state index contributed by atoms with van der Waals surface area (Å²) in [6.45, 7) is -0.499. The largest absolute Gasteiger partial charge is 0.478 e. The second-order valence-corrected chi connectivity index (χ2v) is 5.36. The topological polar surface area (TPSA) is 77.1 Å². The quantitative estimate of drug-likeness (QED) is 0.901. The Hall–Kier alpha value is -2.00. The Labute approximate surface area is 136 Å². The molecule has 0 spiro atoms. The molecule has 0 atom stereocenters. The fraction of sp³-hybridized carbons (Fsp3) is 0.250. The molecule has 0 saturated heterocycles. The molecule has 11 heteroatoms. The van der Waals surface area contributed by atoms with E-state index in [1.54, 1.807) is 0 Å². The SMILES string of the molecule is Cn1c(C(F)(F)F)nn(Cc2cc(Cl)c(Cl)cc2C(=O)O)c1=O. The van der Waals surface area contributed by atoms with Crippen LogP contribution in [0.2, 0.25) is 10.0 Å². The van der Waals surface area contributed by atoms with E-state index in [4.69, 9.17) is 28.3 Å². The van der Waals surface area contributed by atoms with Gasteiger partial charge < -0.3 is 5.11 Å². The maximum absolute atomic E-state index is 12.7. The first kappa shape index (κ1) is 17.4. The lowest BCUT2D eigenvalue weighted by molar-refractivity contribution is -0.147. The Morgan fingerprint density at radius 3 is 2.35 bits per heavy atom. The number of hydrogen-bond donors (Lipinski definition) is 1. The monoisotopic (exact) mass is 369 g/mol. The van der Waals surface area contributed by atoms with Gasteiger partial charge in [-0.2, -0.15) is 13.2 Å². The van der Waals surface area contributed by atoms with Crippen molar-refractivity contribution in [1.29, 1.82) is 0 Å².